The molecule has 8 unspecified atom stereocenters. The zero-order valence-electron chi connectivity index (χ0n) is 30.7. The quantitative estimate of drug-likeness (QED) is 0.0649. The Morgan fingerprint density at radius 3 is 2.18 bits per heavy atom. The molecule has 2 heterocycles. The van der Waals surface area contributed by atoms with Crippen LogP contribution in [0.1, 0.15) is 50.3 Å². The molecule has 0 radical (unpaired) electrons. The van der Waals surface area contributed by atoms with E-state index in [0.29, 0.717) is 38.4 Å². The number of phosphoric acid groups is 3. The van der Waals surface area contributed by atoms with Crippen molar-refractivity contribution in [3.8, 4) is 11.8 Å². The van der Waals surface area contributed by atoms with Crippen LogP contribution in [0.2, 0.25) is 0 Å². The van der Waals surface area contributed by atoms with Crippen LogP contribution in [0.5, 0.6) is 0 Å². The summed E-state index contributed by atoms with van der Waals surface area (Å²) in [5, 5.41) is 10.4. The number of aromatic nitrogens is 2. The second kappa shape index (κ2) is 14.8. The minimum Gasteiger partial charge on any atom is -0.390 e. The Kier molecular flexibility index (Phi) is 10.6. The molecule has 316 valence electrons. The highest BCUT2D eigenvalue weighted by atomic mass is 31.3. The number of hydrogen-bond acceptors (Lipinski definition) is 14. The van der Waals surface area contributed by atoms with E-state index in [1.165, 1.54) is 32.1 Å². The Labute approximate surface area is 326 Å². The van der Waals surface area contributed by atoms with Gasteiger partial charge in [-0.05, 0) is 90.8 Å². The van der Waals surface area contributed by atoms with E-state index in [4.69, 9.17) is 33.5 Å². The van der Waals surface area contributed by atoms with E-state index < -0.39 is 59.8 Å². The van der Waals surface area contributed by atoms with Crippen molar-refractivity contribution in [2.45, 2.75) is 62.6 Å². The molecule has 12 fully saturated rings. The molecule has 11 atom stereocenters. The Morgan fingerprint density at radius 2 is 1.49 bits per heavy atom. The predicted octanol–water partition coefficient (Wildman–Crippen LogP) is 1.26. The zero-order valence-corrected chi connectivity index (χ0v) is 33.4. The first-order chi connectivity index (χ1) is 27.0. The van der Waals surface area contributed by atoms with Crippen LogP contribution in [-0.4, -0.2) is 105 Å². The molecule has 11 bridgehead atoms. The molecule has 57 heavy (non-hydrogen) atoms. The van der Waals surface area contributed by atoms with Crippen LogP contribution in [0.25, 0.3) is 0 Å². The minimum absolute atomic E-state index is 0.0490. The Balaban J connectivity index is 0.654. The largest absolute Gasteiger partial charge is 0.490 e. The fourth-order valence-electron chi connectivity index (χ4n) is 13.3. The molecular weight excluding hydrogens is 817 g/mol. The Hall–Kier alpha value is -1.59. The van der Waals surface area contributed by atoms with Crippen molar-refractivity contribution >= 4 is 23.5 Å². The van der Waals surface area contributed by atoms with Crippen LogP contribution in [0.4, 0.5) is 0 Å². The molecule has 12 aliphatic rings. The SMILES string of the molecule is O=c1[nH]c(=O)n([C@H]2C[C@H](O)[C@@H](COP(=O)(O)OP(=O)(O)OP(=O)(O)O)O2)cc1C#CCOCCOCCOCCOC12CC3C4CC5C6C7CC(C1)(C36)C(C4C2)C57. The highest BCUT2D eigenvalue weighted by molar-refractivity contribution is 7.66. The first-order valence-corrected chi connectivity index (χ1v) is 23.8. The first kappa shape index (κ1) is 40.8. The standard InChI is InChI=1S/C34H47N2O18P3/c37-24-11-26(52-25(24)16-51-56(43,44)54-57(45,46)53-55(40,41)42)36-15-18(31(38)35-32(36)39)2-1-3-47-4-5-48-6-7-49-8-9-50-33-12-21-19-10-20-27-23-14-34(17-33,29(21)27)30(28(20)23)22(19)13-33/h15,19-30,37H,3-14,16-17H2,(H,43,44)(H,45,46)(H,35,38,39)(H2,40,41,42)/t19?,20?,21?,22?,23?,24-,25+,26+,27?,28?,29?,30?,33?,34?/m0/s1. The van der Waals surface area contributed by atoms with E-state index in [2.05, 4.69) is 30.0 Å². The number of aliphatic hydroxyl groups excluding tert-OH is 1. The normalized spacial score (nSPS) is 41.9. The molecule has 6 N–H and O–H groups in total. The van der Waals surface area contributed by atoms with Gasteiger partial charge in [0.25, 0.3) is 5.56 Å². The van der Waals surface area contributed by atoms with Crippen molar-refractivity contribution in [2.75, 3.05) is 52.9 Å². The number of aromatic amines is 1. The van der Waals surface area contributed by atoms with Crippen molar-refractivity contribution in [1.29, 1.82) is 0 Å². The highest BCUT2D eigenvalue weighted by Crippen LogP contribution is 2.91. The zero-order chi connectivity index (χ0) is 40.1. The van der Waals surface area contributed by atoms with E-state index in [9.17, 15) is 38.2 Å². The third kappa shape index (κ3) is 7.37. The van der Waals surface area contributed by atoms with E-state index in [-0.39, 0.29) is 30.8 Å². The van der Waals surface area contributed by atoms with E-state index in [1.807, 2.05) is 0 Å². The number of ether oxygens (including phenoxy) is 5. The minimum atomic E-state index is -5.74. The molecule has 1 spiro atoms. The second-order valence-electron chi connectivity index (χ2n) is 16.9. The predicted molar refractivity (Wildman–Crippen MR) is 191 cm³/mol. The Bertz CT molecular complexity index is 2050. The number of nitrogens with one attached hydrogen (secondary N) is 1. The average Bonchev–Trinajstić information content (AvgIpc) is 3.74. The molecule has 1 aromatic heterocycles. The van der Waals surface area contributed by atoms with Crippen molar-refractivity contribution in [3.05, 3.63) is 32.6 Å². The van der Waals surface area contributed by atoms with Gasteiger partial charge in [-0.2, -0.15) is 8.62 Å². The summed E-state index contributed by atoms with van der Waals surface area (Å²) in [6.45, 7) is 1.57. The van der Waals surface area contributed by atoms with E-state index in [0.717, 1.165) is 64.0 Å². The van der Waals surface area contributed by atoms with Gasteiger partial charge in [0, 0.05) is 12.6 Å². The summed E-state index contributed by atoms with van der Waals surface area (Å²) in [5.41, 5.74) is -1.13. The molecule has 0 aromatic carbocycles. The molecular formula is C34H47N2O18P3. The van der Waals surface area contributed by atoms with Crippen LogP contribution in [0.3, 0.4) is 0 Å². The van der Waals surface area contributed by atoms with Crippen molar-refractivity contribution in [3.63, 3.8) is 0 Å². The molecule has 1 aromatic rings. The summed E-state index contributed by atoms with van der Waals surface area (Å²) in [5.74, 6) is 14.4. The van der Waals surface area contributed by atoms with Gasteiger partial charge in [-0.3, -0.25) is 18.9 Å². The maximum absolute atomic E-state index is 12.5. The Morgan fingerprint density at radius 1 is 0.825 bits per heavy atom. The maximum Gasteiger partial charge on any atom is 0.490 e. The van der Waals surface area contributed by atoms with Gasteiger partial charge in [0.15, 0.2) is 0 Å². The number of aliphatic hydroxyl groups is 1. The van der Waals surface area contributed by atoms with Crippen LogP contribution in [0, 0.1) is 70.5 Å². The smallest absolute Gasteiger partial charge is 0.390 e. The number of nitrogens with zero attached hydrogens (tertiary/aromatic N) is 1. The second-order valence-corrected chi connectivity index (χ2v) is 21.3. The lowest BCUT2D eigenvalue weighted by Gasteiger charge is -2.80. The summed E-state index contributed by atoms with van der Waals surface area (Å²) < 4.78 is 76.2. The van der Waals surface area contributed by atoms with Crippen LogP contribution in [0.15, 0.2) is 15.8 Å². The van der Waals surface area contributed by atoms with Crippen molar-refractivity contribution in [2.24, 2.45) is 58.7 Å². The lowest BCUT2D eigenvalue weighted by Crippen LogP contribution is -2.77. The van der Waals surface area contributed by atoms with Crippen molar-refractivity contribution in [1.82, 2.24) is 9.55 Å². The average molecular weight is 865 g/mol. The van der Waals surface area contributed by atoms with Crippen LogP contribution in [-0.2, 0) is 50.5 Å². The molecule has 1 aliphatic heterocycles. The number of phosphoric ester groups is 1. The van der Waals surface area contributed by atoms with E-state index in [1.54, 1.807) is 0 Å². The maximum atomic E-state index is 12.5. The highest BCUT2D eigenvalue weighted by Gasteiger charge is 2.87. The van der Waals surface area contributed by atoms with Gasteiger partial charge in [0.1, 0.15) is 24.5 Å². The van der Waals surface area contributed by atoms with Crippen LogP contribution >= 0.6 is 23.5 Å². The molecule has 11 aliphatic carbocycles. The van der Waals surface area contributed by atoms with Gasteiger partial charge in [-0.1, -0.05) is 11.8 Å². The number of H-pyrrole nitrogens is 1. The molecule has 1 saturated heterocycles. The molecule has 13 rings (SSSR count). The lowest BCUT2D eigenvalue weighted by atomic mass is 9.25. The summed E-state index contributed by atoms with van der Waals surface area (Å²) in [6.07, 6.45) is 3.71. The fourth-order valence-corrected chi connectivity index (χ4v) is 16.3. The fraction of sp³-hybridized carbons (Fsp3) is 0.824. The van der Waals surface area contributed by atoms with Gasteiger partial charge in [0.2, 0.25) is 0 Å². The molecule has 20 nitrogen and oxygen atoms in total. The van der Waals surface area contributed by atoms with Gasteiger partial charge < -0.3 is 48.4 Å². The third-order valence-electron chi connectivity index (χ3n) is 14.3. The molecule has 0 amide bonds. The van der Waals surface area contributed by atoms with Gasteiger partial charge in [-0.25, -0.2) is 18.5 Å². The molecule has 11 saturated carbocycles. The summed E-state index contributed by atoms with van der Waals surface area (Å²) in [6, 6.07) is 0. The van der Waals surface area contributed by atoms with Gasteiger partial charge in [-0.15, -0.1) is 0 Å². The van der Waals surface area contributed by atoms with Gasteiger partial charge in [0.05, 0.1) is 58.0 Å². The monoisotopic (exact) mass is 864 g/mol. The topological polar surface area (TPSA) is 281 Å². The summed E-state index contributed by atoms with van der Waals surface area (Å²) in [7, 11) is -16.8. The van der Waals surface area contributed by atoms with E-state index >= 15 is 0 Å². The lowest BCUT2D eigenvalue weighted by molar-refractivity contribution is -0.346. The summed E-state index contributed by atoms with van der Waals surface area (Å²) in [4.78, 5) is 63.2. The number of hydrogen-bond donors (Lipinski definition) is 6. The first-order valence-electron chi connectivity index (χ1n) is 19.3. The van der Waals surface area contributed by atoms with Crippen molar-refractivity contribution < 1.29 is 75.2 Å². The van der Waals surface area contributed by atoms with Crippen LogP contribution < -0.4 is 11.2 Å². The summed E-state index contributed by atoms with van der Waals surface area (Å²) >= 11 is 0. The third-order valence-corrected chi connectivity index (χ3v) is 18.1. The van der Waals surface area contributed by atoms with Gasteiger partial charge >= 0.3 is 29.2 Å². The number of rotatable bonds is 19. The molecule has 23 heteroatoms.